The van der Waals surface area contributed by atoms with E-state index in [0.717, 1.165) is 24.4 Å². The zero-order valence-corrected chi connectivity index (χ0v) is 12.2. The highest BCUT2D eigenvalue weighted by Crippen LogP contribution is 2.19. The van der Waals surface area contributed by atoms with Gasteiger partial charge in [-0.1, -0.05) is 30.3 Å². The first-order chi connectivity index (χ1) is 8.76. The molecule has 0 aliphatic carbocycles. The van der Waals surface area contributed by atoms with Crippen LogP contribution in [0, 0.1) is 0 Å². The highest BCUT2D eigenvalue weighted by molar-refractivity contribution is 6.60. The molecule has 18 heavy (non-hydrogen) atoms. The average molecular weight is 269 g/mol. The summed E-state index contributed by atoms with van der Waals surface area (Å²) in [5.74, 6) is 0. The Bertz CT molecular complexity index is 317. The van der Waals surface area contributed by atoms with Gasteiger partial charge in [-0.25, -0.2) is 0 Å². The van der Waals surface area contributed by atoms with Crippen molar-refractivity contribution in [1.29, 1.82) is 0 Å². The third kappa shape index (κ3) is 4.87. The Balaban J connectivity index is 2.50. The van der Waals surface area contributed by atoms with Gasteiger partial charge >= 0.3 is 8.80 Å². The number of benzene rings is 1. The molecule has 0 heterocycles. The summed E-state index contributed by atoms with van der Waals surface area (Å²) in [4.78, 5) is 0. The molecule has 2 N–H and O–H groups in total. The zero-order chi connectivity index (χ0) is 13.3. The van der Waals surface area contributed by atoms with Crippen molar-refractivity contribution >= 4 is 8.80 Å². The van der Waals surface area contributed by atoms with Crippen molar-refractivity contribution in [3.05, 3.63) is 35.9 Å². The van der Waals surface area contributed by atoms with Gasteiger partial charge in [-0.2, -0.15) is 0 Å². The summed E-state index contributed by atoms with van der Waals surface area (Å²) in [5.41, 5.74) is 6.63. The minimum atomic E-state index is -2.52. The average Bonchev–Trinajstić information content (AvgIpc) is 2.44. The molecule has 0 bridgehead atoms. The second-order valence-electron chi connectivity index (χ2n) is 4.11. The molecule has 0 fully saturated rings. The van der Waals surface area contributed by atoms with Crippen LogP contribution >= 0.6 is 0 Å². The van der Waals surface area contributed by atoms with Crippen molar-refractivity contribution < 1.29 is 13.3 Å². The minimum Gasteiger partial charge on any atom is -0.377 e. The van der Waals surface area contributed by atoms with Gasteiger partial charge < -0.3 is 19.0 Å². The lowest BCUT2D eigenvalue weighted by molar-refractivity contribution is 0.0907. The molecule has 1 aromatic rings. The Kier molecular flexibility index (Phi) is 7.15. The van der Waals surface area contributed by atoms with Crippen LogP contribution in [-0.4, -0.2) is 29.6 Å². The zero-order valence-electron chi connectivity index (χ0n) is 11.2. The Morgan fingerprint density at radius 1 is 1.06 bits per heavy atom. The smallest absolute Gasteiger partial charge is 0.377 e. The van der Waals surface area contributed by atoms with Crippen LogP contribution in [0.5, 0.6) is 0 Å². The van der Waals surface area contributed by atoms with Gasteiger partial charge in [0.25, 0.3) is 0 Å². The van der Waals surface area contributed by atoms with Crippen LogP contribution in [0.4, 0.5) is 0 Å². The topological polar surface area (TPSA) is 53.7 Å². The monoisotopic (exact) mass is 269 g/mol. The molecule has 102 valence electrons. The molecule has 1 aromatic carbocycles. The van der Waals surface area contributed by atoms with E-state index in [1.807, 2.05) is 30.3 Å². The fraction of sp³-hybridized carbons (Fsp3) is 0.538. The van der Waals surface area contributed by atoms with Gasteiger partial charge in [0.1, 0.15) is 0 Å². The van der Waals surface area contributed by atoms with E-state index < -0.39 is 8.80 Å². The van der Waals surface area contributed by atoms with Crippen molar-refractivity contribution in [2.75, 3.05) is 20.8 Å². The second kappa shape index (κ2) is 8.39. The van der Waals surface area contributed by atoms with E-state index in [1.54, 1.807) is 14.2 Å². The maximum absolute atomic E-state index is 5.91. The van der Waals surface area contributed by atoms with Crippen LogP contribution in [0.15, 0.2) is 30.3 Å². The SMILES string of the molecule is CO[Si](CCCCN)(OC)OCc1ccccc1. The highest BCUT2D eigenvalue weighted by Gasteiger charge is 2.38. The van der Waals surface area contributed by atoms with Crippen molar-refractivity contribution in [2.45, 2.75) is 25.5 Å². The Morgan fingerprint density at radius 3 is 2.28 bits per heavy atom. The third-order valence-electron chi connectivity index (χ3n) is 2.86. The third-order valence-corrected chi connectivity index (χ3v) is 5.65. The summed E-state index contributed by atoms with van der Waals surface area (Å²) in [6.45, 7) is 1.22. The maximum Gasteiger partial charge on any atom is 0.500 e. The van der Waals surface area contributed by atoms with E-state index >= 15 is 0 Å². The lowest BCUT2D eigenvalue weighted by atomic mass is 10.2. The Morgan fingerprint density at radius 2 is 1.72 bits per heavy atom. The van der Waals surface area contributed by atoms with E-state index in [2.05, 4.69) is 0 Å². The fourth-order valence-corrected chi connectivity index (χ4v) is 3.76. The van der Waals surface area contributed by atoms with Gasteiger partial charge in [0, 0.05) is 20.3 Å². The summed E-state index contributed by atoms with van der Waals surface area (Å²) >= 11 is 0. The molecule has 0 radical (unpaired) electrons. The van der Waals surface area contributed by atoms with Crippen LogP contribution in [-0.2, 0) is 19.9 Å². The number of rotatable bonds is 9. The molecule has 0 aliphatic rings. The summed E-state index contributed by atoms with van der Waals surface area (Å²) in [6.07, 6.45) is 1.94. The standard InChI is InChI=1S/C13H23NO3Si/c1-15-18(16-2,11-7-6-10-14)17-12-13-8-4-3-5-9-13/h3-5,8-9H,6-7,10-12,14H2,1-2H3. The van der Waals surface area contributed by atoms with Crippen molar-refractivity contribution in [3.63, 3.8) is 0 Å². The van der Waals surface area contributed by atoms with Crippen molar-refractivity contribution in [1.82, 2.24) is 0 Å². The van der Waals surface area contributed by atoms with E-state index in [4.69, 9.17) is 19.0 Å². The van der Waals surface area contributed by atoms with Crippen molar-refractivity contribution in [2.24, 2.45) is 5.73 Å². The van der Waals surface area contributed by atoms with Crippen LogP contribution in [0.2, 0.25) is 6.04 Å². The lowest BCUT2D eigenvalue weighted by Gasteiger charge is -2.26. The second-order valence-corrected chi connectivity index (χ2v) is 7.08. The Hall–Kier alpha value is -0.723. The molecule has 4 nitrogen and oxygen atoms in total. The molecular formula is C13H23NO3Si. The van der Waals surface area contributed by atoms with Gasteiger partial charge in [-0.15, -0.1) is 0 Å². The van der Waals surface area contributed by atoms with Crippen molar-refractivity contribution in [3.8, 4) is 0 Å². The largest absolute Gasteiger partial charge is 0.500 e. The summed E-state index contributed by atoms with van der Waals surface area (Å²) in [7, 11) is 0.793. The van der Waals surface area contributed by atoms with Crippen LogP contribution in [0.3, 0.4) is 0 Å². The molecule has 0 aliphatic heterocycles. The van der Waals surface area contributed by atoms with Crippen LogP contribution < -0.4 is 5.73 Å². The fourth-order valence-electron chi connectivity index (χ4n) is 1.73. The predicted molar refractivity (Wildman–Crippen MR) is 74.1 cm³/mol. The highest BCUT2D eigenvalue weighted by atomic mass is 28.4. The Labute approximate surface area is 110 Å². The molecular weight excluding hydrogens is 246 g/mol. The molecule has 0 spiro atoms. The lowest BCUT2D eigenvalue weighted by Crippen LogP contribution is -2.43. The normalized spacial score (nSPS) is 11.7. The molecule has 0 saturated carbocycles. The molecule has 0 aromatic heterocycles. The molecule has 0 atom stereocenters. The predicted octanol–water partition coefficient (Wildman–Crippen LogP) is 2.17. The van der Waals surface area contributed by atoms with Gasteiger partial charge in [-0.3, -0.25) is 0 Å². The van der Waals surface area contributed by atoms with Crippen LogP contribution in [0.1, 0.15) is 18.4 Å². The van der Waals surface area contributed by atoms with Gasteiger partial charge in [0.05, 0.1) is 6.61 Å². The first-order valence-corrected chi connectivity index (χ1v) is 8.18. The molecule has 0 saturated heterocycles. The number of unbranched alkanes of at least 4 members (excludes halogenated alkanes) is 1. The molecule has 0 amide bonds. The number of nitrogens with two attached hydrogens (primary N) is 1. The quantitative estimate of drug-likeness (QED) is 0.551. The first-order valence-electron chi connectivity index (χ1n) is 6.24. The number of hydrogen-bond acceptors (Lipinski definition) is 4. The maximum atomic E-state index is 5.91. The minimum absolute atomic E-state index is 0.525. The number of hydrogen-bond donors (Lipinski definition) is 1. The van der Waals surface area contributed by atoms with E-state index in [0.29, 0.717) is 13.2 Å². The molecule has 5 heteroatoms. The molecule has 1 rings (SSSR count). The first kappa shape index (κ1) is 15.3. The van der Waals surface area contributed by atoms with E-state index in [-0.39, 0.29) is 0 Å². The van der Waals surface area contributed by atoms with Crippen LogP contribution in [0.25, 0.3) is 0 Å². The summed E-state index contributed by atoms with van der Waals surface area (Å²) < 4.78 is 16.9. The molecule has 0 unspecified atom stereocenters. The van der Waals surface area contributed by atoms with E-state index in [1.165, 1.54) is 0 Å². The van der Waals surface area contributed by atoms with Gasteiger partial charge in [0.2, 0.25) is 0 Å². The van der Waals surface area contributed by atoms with Gasteiger partial charge in [0.15, 0.2) is 0 Å². The summed E-state index contributed by atoms with van der Waals surface area (Å²) in [5, 5.41) is 0. The van der Waals surface area contributed by atoms with Gasteiger partial charge in [-0.05, 0) is 24.9 Å². The van der Waals surface area contributed by atoms with E-state index in [9.17, 15) is 0 Å². The summed E-state index contributed by atoms with van der Waals surface area (Å²) in [6, 6.07) is 10.9.